The maximum absolute atomic E-state index is 11.6. The Hall–Kier alpha value is -0.690. The van der Waals surface area contributed by atoms with E-state index in [0.29, 0.717) is 0 Å². The highest BCUT2D eigenvalue weighted by Gasteiger charge is 2.30. The van der Waals surface area contributed by atoms with E-state index in [9.17, 15) is 13.2 Å². The van der Waals surface area contributed by atoms with Gasteiger partial charge in [0.15, 0.2) is 9.84 Å². The van der Waals surface area contributed by atoms with Gasteiger partial charge in [-0.3, -0.25) is 4.79 Å². The number of nitrogens with one attached hydrogen (secondary N) is 1. The standard InChI is InChI=1S/C9H18N2O3S2/c1-4-16(13,14)6-5-11-8(12)9(2,3)7(10)15/h4-6H2,1-3H3,(H2,10,15)(H,11,12). The summed E-state index contributed by atoms with van der Waals surface area (Å²) < 4.78 is 22.3. The van der Waals surface area contributed by atoms with Gasteiger partial charge in [-0.05, 0) is 13.8 Å². The fraction of sp³-hybridized carbons (Fsp3) is 0.778. The van der Waals surface area contributed by atoms with Crippen LogP contribution in [0.3, 0.4) is 0 Å². The first-order chi connectivity index (χ1) is 7.13. The highest BCUT2D eigenvalue weighted by Crippen LogP contribution is 2.14. The Balaban J connectivity index is 4.25. The van der Waals surface area contributed by atoms with Crippen molar-refractivity contribution in [1.82, 2.24) is 5.32 Å². The number of hydrogen-bond donors (Lipinski definition) is 2. The van der Waals surface area contributed by atoms with Gasteiger partial charge in [0.05, 0.1) is 16.2 Å². The molecule has 0 aromatic heterocycles. The summed E-state index contributed by atoms with van der Waals surface area (Å²) in [5.41, 5.74) is 4.45. The van der Waals surface area contributed by atoms with Gasteiger partial charge < -0.3 is 11.1 Å². The van der Waals surface area contributed by atoms with Crippen LogP contribution in [0.5, 0.6) is 0 Å². The van der Waals surface area contributed by atoms with Crippen LogP contribution in [-0.4, -0.2) is 37.4 Å². The molecular formula is C9H18N2O3S2. The van der Waals surface area contributed by atoms with Gasteiger partial charge in [-0.1, -0.05) is 19.1 Å². The first kappa shape index (κ1) is 15.3. The van der Waals surface area contributed by atoms with Crippen LogP contribution in [0.25, 0.3) is 0 Å². The van der Waals surface area contributed by atoms with E-state index in [2.05, 4.69) is 5.32 Å². The minimum atomic E-state index is -3.06. The van der Waals surface area contributed by atoms with Crippen molar-refractivity contribution in [3.8, 4) is 0 Å². The summed E-state index contributed by atoms with van der Waals surface area (Å²) in [7, 11) is -3.06. The number of nitrogens with two attached hydrogens (primary N) is 1. The Morgan fingerprint density at radius 3 is 2.31 bits per heavy atom. The van der Waals surface area contributed by atoms with E-state index in [-0.39, 0.29) is 28.9 Å². The lowest BCUT2D eigenvalue weighted by molar-refractivity contribution is -0.126. The number of thiocarbonyl (C=S) groups is 1. The number of sulfone groups is 1. The van der Waals surface area contributed by atoms with Crippen LogP contribution in [-0.2, 0) is 14.6 Å². The Morgan fingerprint density at radius 2 is 1.94 bits per heavy atom. The maximum Gasteiger partial charge on any atom is 0.232 e. The summed E-state index contributed by atoms with van der Waals surface area (Å²) in [5.74, 6) is -0.351. The Kier molecular flexibility index (Phi) is 5.34. The van der Waals surface area contributed by atoms with Crippen LogP contribution in [0.1, 0.15) is 20.8 Å². The smallest absolute Gasteiger partial charge is 0.232 e. The summed E-state index contributed by atoms with van der Waals surface area (Å²) in [6, 6.07) is 0. The molecule has 0 aliphatic rings. The van der Waals surface area contributed by atoms with Gasteiger partial charge in [-0.15, -0.1) is 0 Å². The van der Waals surface area contributed by atoms with Gasteiger partial charge in [0.25, 0.3) is 0 Å². The summed E-state index contributed by atoms with van der Waals surface area (Å²) >= 11 is 4.75. The molecule has 0 saturated heterocycles. The number of rotatable bonds is 6. The van der Waals surface area contributed by atoms with Gasteiger partial charge in [0.2, 0.25) is 5.91 Å². The molecule has 16 heavy (non-hydrogen) atoms. The average molecular weight is 266 g/mol. The van der Waals surface area contributed by atoms with Crippen molar-refractivity contribution >= 4 is 33.0 Å². The Morgan fingerprint density at radius 1 is 1.44 bits per heavy atom. The molecule has 0 saturated carbocycles. The molecule has 3 N–H and O–H groups in total. The molecule has 5 nitrogen and oxygen atoms in total. The molecule has 0 spiro atoms. The molecule has 0 heterocycles. The van der Waals surface area contributed by atoms with Crippen LogP contribution < -0.4 is 11.1 Å². The number of amides is 1. The maximum atomic E-state index is 11.6. The van der Waals surface area contributed by atoms with Crippen molar-refractivity contribution in [2.75, 3.05) is 18.1 Å². The molecule has 94 valence electrons. The fourth-order valence-corrected chi connectivity index (χ4v) is 1.59. The van der Waals surface area contributed by atoms with Gasteiger partial charge in [-0.2, -0.15) is 0 Å². The van der Waals surface area contributed by atoms with E-state index in [4.69, 9.17) is 18.0 Å². The van der Waals surface area contributed by atoms with Crippen LogP contribution in [0, 0.1) is 5.41 Å². The summed E-state index contributed by atoms with van der Waals surface area (Å²) in [6.07, 6.45) is 0. The van der Waals surface area contributed by atoms with Crippen molar-refractivity contribution in [3.05, 3.63) is 0 Å². The van der Waals surface area contributed by atoms with Gasteiger partial charge in [0.1, 0.15) is 0 Å². The van der Waals surface area contributed by atoms with E-state index in [1.165, 1.54) is 0 Å². The third kappa shape index (κ3) is 4.44. The number of carbonyl (C=O) groups is 1. The average Bonchev–Trinajstić information content (AvgIpc) is 2.17. The zero-order valence-electron chi connectivity index (χ0n) is 9.74. The predicted molar refractivity (Wildman–Crippen MR) is 67.9 cm³/mol. The predicted octanol–water partition coefficient (Wildman–Crippen LogP) is -0.150. The Bertz CT molecular complexity index is 374. The summed E-state index contributed by atoms with van der Waals surface area (Å²) in [6.45, 7) is 4.84. The number of carbonyl (C=O) groups excluding carboxylic acids is 1. The number of hydrogen-bond acceptors (Lipinski definition) is 4. The first-order valence-corrected chi connectivity index (χ1v) is 7.15. The Labute approximate surface area is 102 Å². The molecule has 0 aromatic carbocycles. The molecule has 0 aliphatic heterocycles. The largest absolute Gasteiger partial charge is 0.392 e. The molecule has 1 amide bonds. The normalized spacial score (nSPS) is 12.2. The molecule has 0 radical (unpaired) electrons. The van der Waals surface area contributed by atoms with E-state index in [0.717, 1.165) is 0 Å². The second kappa shape index (κ2) is 5.58. The first-order valence-electron chi connectivity index (χ1n) is 4.92. The van der Waals surface area contributed by atoms with E-state index >= 15 is 0 Å². The lowest BCUT2D eigenvalue weighted by Crippen LogP contribution is -2.46. The third-order valence-electron chi connectivity index (χ3n) is 2.32. The van der Waals surface area contributed by atoms with Crippen LogP contribution in [0.2, 0.25) is 0 Å². The van der Waals surface area contributed by atoms with Crippen molar-refractivity contribution in [1.29, 1.82) is 0 Å². The fourth-order valence-electron chi connectivity index (χ4n) is 0.797. The lowest BCUT2D eigenvalue weighted by Gasteiger charge is -2.21. The molecule has 0 aliphatic carbocycles. The van der Waals surface area contributed by atoms with E-state index in [1.807, 2.05) is 0 Å². The minimum Gasteiger partial charge on any atom is -0.392 e. The van der Waals surface area contributed by atoms with Gasteiger partial charge >= 0.3 is 0 Å². The van der Waals surface area contributed by atoms with Crippen molar-refractivity contribution < 1.29 is 13.2 Å². The molecule has 0 aromatic rings. The highest BCUT2D eigenvalue weighted by molar-refractivity contribution is 7.91. The quantitative estimate of drug-likeness (QED) is 0.653. The van der Waals surface area contributed by atoms with Gasteiger partial charge in [-0.25, -0.2) is 8.42 Å². The molecule has 0 unspecified atom stereocenters. The molecule has 0 atom stereocenters. The van der Waals surface area contributed by atoms with Crippen molar-refractivity contribution in [2.24, 2.45) is 11.1 Å². The molecular weight excluding hydrogens is 248 g/mol. The molecule has 0 bridgehead atoms. The van der Waals surface area contributed by atoms with Crippen LogP contribution in [0.15, 0.2) is 0 Å². The van der Waals surface area contributed by atoms with E-state index < -0.39 is 15.3 Å². The van der Waals surface area contributed by atoms with E-state index in [1.54, 1.807) is 20.8 Å². The van der Waals surface area contributed by atoms with Crippen molar-refractivity contribution in [2.45, 2.75) is 20.8 Å². The molecule has 0 fully saturated rings. The zero-order chi connectivity index (χ0) is 13.0. The van der Waals surface area contributed by atoms with Crippen molar-refractivity contribution in [3.63, 3.8) is 0 Å². The second-order valence-electron chi connectivity index (χ2n) is 3.98. The highest BCUT2D eigenvalue weighted by atomic mass is 32.2. The molecule has 7 heteroatoms. The summed E-state index contributed by atoms with van der Waals surface area (Å²) in [4.78, 5) is 11.7. The van der Waals surface area contributed by atoms with Gasteiger partial charge in [0, 0.05) is 12.3 Å². The molecule has 0 rings (SSSR count). The minimum absolute atomic E-state index is 0.0668. The van der Waals surface area contributed by atoms with Crippen LogP contribution >= 0.6 is 12.2 Å². The van der Waals surface area contributed by atoms with Crippen LogP contribution in [0.4, 0.5) is 0 Å². The lowest BCUT2D eigenvalue weighted by atomic mass is 9.92. The topological polar surface area (TPSA) is 89.3 Å². The second-order valence-corrected chi connectivity index (χ2v) is 6.89. The monoisotopic (exact) mass is 266 g/mol. The SMILES string of the molecule is CCS(=O)(=O)CCNC(=O)C(C)(C)C(N)=S. The zero-order valence-corrected chi connectivity index (χ0v) is 11.4. The third-order valence-corrected chi connectivity index (χ3v) is 4.54. The summed E-state index contributed by atoms with van der Waals surface area (Å²) in [5, 5.41) is 2.51.